The maximum absolute atomic E-state index is 11.9. The van der Waals surface area contributed by atoms with E-state index in [1.54, 1.807) is 19.1 Å². The summed E-state index contributed by atoms with van der Waals surface area (Å²) in [4.78, 5) is 11.9. The maximum atomic E-state index is 11.9. The van der Waals surface area contributed by atoms with Crippen molar-refractivity contribution in [2.24, 2.45) is 16.8 Å². The van der Waals surface area contributed by atoms with E-state index in [1.807, 2.05) is 6.07 Å². The van der Waals surface area contributed by atoms with Crippen LogP contribution in [0.4, 0.5) is 0 Å². The molecule has 110 valence electrons. The summed E-state index contributed by atoms with van der Waals surface area (Å²) in [5, 5.41) is 15.3. The molecule has 0 aromatic heterocycles. The third kappa shape index (κ3) is 4.58. The molecule has 5 nitrogen and oxygen atoms in total. The van der Waals surface area contributed by atoms with E-state index in [1.165, 1.54) is 0 Å². The van der Waals surface area contributed by atoms with Crippen LogP contribution in [0.1, 0.15) is 18.9 Å². The second-order valence-electron chi connectivity index (χ2n) is 4.26. The summed E-state index contributed by atoms with van der Waals surface area (Å²) < 4.78 is 0. The number of amides is 1. The summed E-state index contributed by atoms with van der Waals surface area (Å²) in [5.41, 5.74) is 6.35. The molecule has 4 N–H and O–H groups in total. The molecule has 1 rings (SSSR count). The minimum atomic E-state index is -0.624. The molecule has 0 heterocycles. The molecule has 1 aromatic rings. The average Bonchev–Trinajstić information content (AvgIpc) is 2.41. The van der Waals surface area contributed by atoms with Gasteiger partial charge in [0, 0.05) is 16.6 Å². The van der Waals surface area contributed by atoms with Gasteiger partial charge >= 0.3 is 0 Å². The summed E-state index contributed by atoms with van der Waals surface area (Å²) in [7, 11) is 0. The molecule has 1 amide bonds. The molecular formula is C13H17Cl2N3O2. The molecule has 0 bridgehead atoms. The van der Waals surface area contributed by atoms with Gasteiger partial charge in [0.25, 0.3) is 0 Å². The molecule has 0 aliphatic heterocycles. The van der Waals surface area contributed by atoms with Crippen LogP contribution in [0, 0.1) is 5.92 Å². The Kier molecular flexibility index (Phi) is 6.61. The number of hydrogen-bond donors (Lipinski definition) is 3. The molecule has 1 atom stereocenters. The number of carbonyl (C=O) groups excluding carboxylic acids is 1. The zero-order chi connectivity index (χ0) is 15.1. The number of amidine groups is 1. The minimum absolute atomic E-state index is 0.0884. The molecule has 20 heavy (non-hydrogen) atoms. The number of halogens is 2. The summed E-state index contributed by atoms with van der Waals surface area (Å²) in [6, 6.07) is 5.22. The standard InChI is InChI=1S/C13H17Cl2N3O2/c1-2-10(12(16)18-20)13(19)17-6-5-8-3-4-9(14)7-11(8)15/h3-4,7,10,20H,2,5-6H2,1H3,(H2,16,18)(H,17,19). The molecule has 0 aliphatic carbocycles. The Labute approximate surface area is 127 Å². The van der Waals surface area contributed by atoms with Crippen molar-refractivity contribution < 1.29 is 10.0 Å². The van der Waals surface area contributed by atoms with Gasteiger partial charge in [-0.2, -0.15) is 0 Å². The van der Waals surface area contributed by atoms with Crippen LogP contribution in [0.25, 0.3) is 0 Å². The number of nitrogens with one attached hydrogen (secondary N) is 1. The average molecular weight is 318 g/mol. The van der Waals surface area contributed by atoms with Crippen LogP contribution in [0.3, 0.4) is 0 Å². The third-order valence-corrected chi connectivity index (χ3v) is 3.49. The van der Waals surface area contributed by atoms with Crippen LogP contribution in [0.2, 0.25) is 10.0 Å². The van der Waals surface area contributed by atoms with E-state index in [2.05, 4.69) is 10.5 Å². The van der Waals surface area contributed by atoms with Crippen LogP contribution >= 0.6 is 23.2 Å². The van der Waals surface area contributed by atoms with Crippen molar-refractivity contribution in [2.75, 3.05) is 6.54 Å². The van der Waals surface area contributed by atoms with Gasteiger partial charge in [0.15, 0.2) is 5.84 Å². The number of hydrogen-bond acceptors (Lipinski definition) is 3. The largest absolute Gasteiger partial charge is 0.409 e. The normalized spacial score (nSPS) is 13.1. The van der Waals surface area contributed by atoms with E-state index in [0.717, 1.165) is 5.56 Å². The topological polar surface area (TPSA) is 87.7 Å². The zero-order valence-electron chi connectivity index (χ0n) is 11.1. The van der Waals surface area contributed by atoms with Gasteiger partial charge in [-0.3, -0.25) is 4.79 Å². The monoisotopic (exact) mass is 317 g/mol. The predicted molar refractivity (Wildman–Crippen MR) is 80.4 cm³/mol. The lowest BCUT2D eigenvalue weighted by Crippen LogP contribution is -2.39. The number of carbonyl (C=O) groups is 1. The maximum Gasteiger partial charge on any atom is 0.230 e. The molecule has 0 fully saturated rings. The molecule has 0 saturated heterocycles. The zero-order valence-corrected chi connectivity index (χ0v) is 12.6. The lowest BCUT2D eigenvalue weighted by atomic mass is 10.0. The molecule has 0 saturated carbocycles. The summed E-state index contributed by atoms with van der Waals surface area (Å²) in [5.74, 6) is -0.983. The summed E-state index contributed by atoms with van der Waals surface area (Å²) >= 11 is 11.8. The molecule has 1 unspecified atom stereocenters. The smallest absolute Gasteiger partial charge is 0.230 e. The van der Waals surface area contributed by atoms with Crippen molar-refractivity contribution in [1.29, 1.82) is 0 Å². The van der Waals surface area contributed by atoms with Gasteiger partial charge in [0.2, 0.25) is 5.91 Å². The number of nitrogens with zero attached hydrogens (tertiary/aromatic N) is 1. The Morgan fingerprint density at radius 1 is 1.50 bits per heavy atom. The first-order chi connectivity index (χ1) is 9.49. The lowest BCUT2D eigenvalue weighted by molar-refractivity contribution is -0.123. The number of rotatable bonds is 6. The quantitative estimate of drug-likeness (QED) is 0.326. The Balaban J connectivity index is 2.53. The predicted octanol–water partition coefficient (Wildman–Crippen LogP) is 2.42. The first kappa shape index (κ1) is 16.6. The van der Waals surface area contributed by atoms with Crippen molar-refractivity contribution in [3.05, 3.63) is 33.8 Å². The fourth-order valence-corrected chi connectivity index (χ4v) is 2.27. The van der Waals surface area contributed by atoms with Crippen LogP contribution < -0.4 is 11.1 Å². The van der Waals surface area contributed by atoms with Gasteiger partial charge in [-0.25, -0.2) is 0 Å². The van der Waals surface area contributed by atoms with Crippen molar-refractivity contribution in [3.8, 4) is 0 Å². The SMILES string of the molecule is CCC(C(=O)NCCc1ccc(Cl)cc1Cl)C(N)=NO. The van der Waals surface area contributed by atoms with Crippen LogP contribution in [0.15, 0.2) is 23.4 Å². The van der Waals surface area contributed by atoms with Crippen molar-refractivity contribution in [1.82, 2.24) is 5.32 Å². The number of nitrogens with two attached hydrogens (primary N) is 1. The first-order valence-corrected chi connectivity index (χ1v) is 6.94. The van der Waals surface area contributed by atoms with Crippen LogP contribution in [0.5, 0.6) is 0 Å². The number of benzene rings is 1. The van der Waals surface area contributed by atoms with Gasteiger partial charge < -0.3 is 16.3 Å². The van der Waals surface area contributed by atoms with E-state index in [4.69, 9.17) is 34.1 Å². The molecule has 0 spiro atoms. The van der Waals surface area contributed by atoms with Crippen molar-refractivity contribution in [3.63, 3.8) is 0 Å². The van der Waals surface area contributed by atoms with E-state index >= 15 is 0 Å². The van der Waals surface area contributed by atoms with Gasteiger partial charge in [-0.15, -0.1) is 0 Å². The summed E-state index contributed by atoms with van der Waals surface area (Å²) in [6.45, 7) is 2.20. The molecule has 1 aromatic carbocycles. The van der Waals surface area contributed by atoms with Gasteiger partial charge in [0.05, 0.1) is 5.92 Å². The van der Waals surface area contributed by atoms with Crippen molar-refractivity contribution >= 4 is 34.9 Å². The molecule has 0 aliphatic rings. The number of oxime groups is 1. The molecular weight excluding hydrogens is 301 g/mol. The second kappa shape index (κ2) is 7.97. The summed E-state index contributed by atoms with van der Waals surface area (Å²) in [6.07, 6.45) is 1.04. The van der Waals surface area contributed by atoms with Gasteiger partial charge in [-0.1, -0.05) is 41.3 Å². The van der Waals surface area contributed by atoms with Gasteiger partial charge in [-0.05, 0) is 30.5 Å². The second-order valence-corrected chi connectivity index (χ2v) is 5.11. The Hall–Kier alpha value is -1.46. The highest BCUT2D eigenvalue weighted by Crippen LogP contribution is 2.21. The fraction of sp³-hybridized carbons (Fsp3) is 0.385. The Morgan fingerprint density at radius 2 is 2.20 bits per heavy atom. The van der Waals surface area contributed by atoms with E-state index < -0.39 is 5.92 Å². The van der Waals surface area contributed by atoms with E-state index in [-0.39, 0.29) is 11.7 Å². The van der Waals surface area contributed by atoms with Crippen LogP contribution in [-0.4, -0.2) is 23.5 Å². The first-order valence-electron chi connectivity index (χ1n) is 6.18. The lowest BCUT2D eigenvalue weighted by Gasteiger charge is -2.13. The van der Waals surface area contributed by atoms with Crippen molar-refractivity contribution in [2.45, 2.75) is 19.8 Å². The van der Waals surface area contributed by atoms with Crippen LogP contribution in [-0.2, 0) is 11.2 Å². The Bertz CT molecular complexity index is 506. The third-order valence-electron chi connectivity index (χ3n) is 2.91. The molecule has 0 radical (unpaired) electrons. The molecule has 7 heteroatoms. The fourth-order valence-electron chi connectivity index (χ4n) is 1.77. The Morgan fingerprint density at radius 3 is 2.75 bits per heavy atom. The minimum Gasteiger partial charge on any atom is -0.409 e. The highest BCUT2D eigenvalue weighted by atomic mass is 35.5. The highest BCUT2D eigenvalue weighted by Gasteiger charge is 2.20. The van der Waals surface area contributed by atoms with E-state index in [9.17, 15) is 4.79 Å². The van der Waals surface area contributed by atoms with E-state index in [0.29, 0.717) is 29.4 Å². The highest BCUT2D eigenvalue weighted by molar-refractivity contribution is 6.35. The van der Waals surface area contributed by atoms with Gasteiger partial charge in [0.1, 0.15) is 0 Å².